The van der Waals surface area contributed by atoms with Crippen molar-refractivity contribution in [3.63, 3.8) is 0 Å². The summed E-state index contributed by atoms with van der Waals surface area (Å²) in [4.78, 5) is 1.29. The molecule has 0 bridgehead atoms. The van der Waals surface area contributed by atoms with Gasteiger partial charge >= 0.3 is 0 Å². The van der Waals surface area contributed by atoms with Crippen molar-refractivity contribution in [2.75, 3.05) is 12.8 Å². The number of nitrogens with two attached hydrogens (primary N) is 1. The van der Waals surface area contributed by atoms with Gasteiger partial charge in [0.05, 0.1) is 0 Å². The molecule has 0 radical (unpaired) electrons. The first-order valence-electron chi connectivity index (χ1n) is 4.27. The maximum absolute atomic E-state index is 5.50. The van der Waals surface area contributed by atoms with Crippen molar-refractivity contribution in [2.45, 2.75) is 11.8 Å². The number of hydrogen-bond acceptors (Lipinski definition) is 2. The summed E-state index contributed by atoms with van der Waals surface area (Å²) >= 11 is 1.76. The summed E-state index contributed by atoms with van der Waals surface area (Å²) in [6.07, 6.45) is 4.19. The Morgan fingerprint density at radius 1 is 1.38 bits per heavy atom. The molecule has 0 aliphatic heterocycles. The van der Waals surface area contributed by atoms with E-state index in [1.807, 2.05) is 6.92 Å². The summed E-state index contributed by atoms with van der Waals surface area (Å²) < 4.78 is 0. The van der Waals surface area contributed by atoms with E-state index in [1.54, 1.807) is 11.8 Å². The van der Waals surface area contributed by atoms with Gasteiger partial charge in [-0.3, -0.25) is 0 Å². The molecule has 0 heterocycles. The average molecular weight is 193 g/mol. The van der Waals surface area contributed by atoms with E-state index in [4.69, 9.17) is 5.73 Å². The van der Waals surface area contributed by atoms with Crippen LogP contribution in [0.2, 0.25) is 0 Å². The molecule has 0 fully saturated rings. The fraction of sp³-hybridized carbons (Fsp3) is 0.273. The molecule has 0 aromatic heterocycles. The zero-order valence-corrected chi connectivity index (χ0v) is 8.90. The third-order valence-corrected chi connectivity index (χ3v) is 2.59. The first kappa shape index (κ1) is 10.4. The lowest BCUT2D eigenvalue weighted by Crippen LogP contribution is -1.99. The highest BCUT2D eigenvalue weighted by molar-refractivity contribution is 7.98. The Morgan fingerprint density at radius 2 is 2.00 bits per heavy atom. The molecule has 0 spiro atoms. The van der Waals surface area contributed by atoms with Crippen LogP contribution in [0.25, 0.3) is 6.08 Å². The molecule has 0 atom stereocenters. The van der Waals surface area contributed by atoms with E-state index in [0.29, 0.717) is 6.54 Å². The van der Waals surface area contributed by atoms with E-state index in [1.165, 1.54) is 16.0 Å². The molecule has 1 aromatic rings. The molecule has 70 valence electrons. The second-order valence-electron chi connectivity index (χ2n) is 2.97. The number of hydrogen-bond donors (Lipinski definition) is 1. The zero-order chi connectivity index (χ0) is 9.68. The minimum atomic E-state index is 0.629. The van der Waals surface area contributed by atoms with Gasteiger partial charge in [0.15, 0.2) is 0 Å². The van der Waals surface area contributed by atoms with Crippen molar-refractivity contribution in [1.29, 1.82) is 0 Å². The van der Waals surface area contributed by atoms with Gasteiger partial charge in [-0.15, -0.1) is 11.8 Å². The van der Waals surface area contributed by atoms with Gasteiger partial charge in [-0.05, 0) is 30.9 Å². The predicted octanol–water partition coefficient (Wildman–Crippen LogP) is 2.77. The lowest BCUT2D eigenvalue weighted by Gasteiger charge is -1.99. The molecule has 2 heteroatoms. The second-order valence-corrected chi connectivity index (χ2v) is 3.85. The van der Waals surface area contributed by atoms with Gasteiger partial charge in [-0.2, -0.15) is 0 Å². The largest absolute Gasteiger partial charge is 0.327 e. The average Bonchev–Trinajstić information content (AvgIpc) is 2.19. The van der Waals surface area contributed by atoms with E-state index < -0.39 is 0 Å². The Balaban J connectivity index is 2.80. The molecule has 1 rings (SSSR count). The van der Waals surface area contributed by atoms with Gasteiger partial charge in [0, 0.05) is 11.4 Å². The van der Waals surface area contributed by atoms with Crippen LogP contribution in [-0.4, -0.2) is 12.8 Å². The van der Waals surface area contributed by atoms with Crippen molar-refractivity contribution in [3.05, 3.63) is 35.4 Å². The number of thioether (sulfide) groups is 1. The van der Waals surface area contributed by atoms with Gasteiger partial charge in [0.25, 0.3) is 0 Å². The zero-order valence-electron chi connectivity index (χ0n) is 8.08. The van der Waals surface area contributed by atoms with Crippen LogP contribution in [0.4, 0.5) is 0 Å². The van der Waals surface area contributed by atoms with Crippen LogP contribution in [-0.2, 0) is 0 Å². The topological polar surface area (TPSA) is 26.0 Å². The summed E-state index contributed by atoms with van der Waals surface area (Å²) in [5.41, 5.74) is 7.93. The van der Waals surface area contributed by atoms with Crippen LogP contribution in [0.5, 0.6) is 0 Å². The van der Waals surface area contributed by atoms with Gasteiger partial charge in [0.1, 0.15) is 0 Å². The van der Waals surface area contributed by atoms with Crippen LogP contribution < -0.4 is 5.73 Å². The van der Waals surface area contributed by atoms with Crippen molar-refractivity contribution >= 4 is 17.8 Å². The normalized spacial score (nSPS) is 11.8. The molecule has 2 N–H and O–H groups in total. The van der Waals surface area contributed by atoms with Crippen molar-refractivity contribution < 1.29 is 0 Å². The Labute approximate surface area is 84.0 Å². The first-order chi connectivity index (χ1) is 6.26. The summed E-state index contributed by atoms with van der Waals surface area (Å²) in [5, 5.41) is 0. The molecule has 0 saturated carbocycles. The van der Waals surface area contributed by atoms with Crippen molar-refractivity contribution in [2.24, 2.45) is 5.73 Å². The lowest BCUT2D eigenvalue weighted by atomic mass is 10.1. The summed E-state index contributed by atoms with van der Waals surface area (Å²) in [7, 11) is 0. The van der Waals surface area contributed by atoms with Crippen LogP contribution in [0.15, 0.2) is 34.7 Å². The van der Waals surface area contributed by atoms with Crippen LogP contribution in [0.3, 0.4) is 0 Å². The quantitative estimate of drug-likeness (QED) is 0.747. The maximum atomic E-state index is 5.50. The molecule has 1 aromatic carbocycles. The molecular formula is C11H15NS. The molecular weight excluding hydrogens is 178 g/mol. The van der Waals surface area contributed by atoms with E-state index in [9.17, 15) is 0 Å². The minimum absolute atomic E-state index is 0.629. The van der Waals surface area contributed by atoms with E-state index in [0.717, 1.165) is 0 Å². The third kappa shape index (κ3) is 3.25. The lowest BCUT2D eigenvalue weighted by molar-refractivity contribution is 1.15. The fourth-order valence-electron chi connectivity index (χ4n) is 1.04. The van der Waals surface area contributed by atoms with E-state index in [2.05, 4.69) is 36.6 Å². The van der Waals surface area contributed by atoms with Gasteiger partial charge < -0.3 is 5.73 Å². The smallest absolute Gasteiger partial charge is 0.0137 e. The fourth-order valence-corrected chi connectivity index (χ4v) is 1.45. The highest BCUT2D eigenvalue weighted by Gasteiger charge is 1.90. The molecule has 0 saturated heterocycles. The minimum Gasteiger partial charge on any atom is -0.327 e. The van der Waals surface area contributed by atoms with Crippen LogP contribution in [0, 0.1) is 0 Å². The summed E-state index contributed by atoms with van der Waals surface area (Å²) in [6, 6.07) is 8.48. The Kier molecular flexibility index (Phi) is 4.06. The van der Waals surface area contributed by atoms with E-state index in [-0.39, 0.29) is 0 Å². The predicted molar refractivity (Wildman–Crippen MR) is 60.9 cm³/mol. The summed E-state index contributed by atoms with van der Waals surface area (Å²) in [6.45, 7) is 2.67. The Hall–Kier alpha value is -0.730. The van der Waals surface area contributed by atoms with E-state index >= 15 is 0 Å². The number of rotatable bonds is 3. The summed E-state index contributed by atoms with van der Waals surface area (Å²) in [5.74, 6) is 0. The van der Waals surface area contributed by atoms with Gasteiger partial charge in [-0.25, -0.2) is 0 Å². The van der Waals surface area contributed by atoms with Gasteiger partial charge in [-0.1, -0.05) is 23.8 Å². The SMILES string of the molecule is CSc1ccc(/C=C(/C)CN)cc1. The maximum Gasteiger partial charge on any atom is 0.0137 e. The molecule has 0 amide bonds. The number of benzene rings is 1. The Bertz CT molecular complexity index is 287. The molecule has 0 aliphatic carbocycles. The Morgan fingerprint density at radius 3 is 2.46 bits per heavy atom. The monoisotopic (exact) mass is 193 g/mol. The van der Waals surface area contributed by atoms with Crippen molar-refractivity contribution in [3.8, 4) is 0 Å². The van der Waals surface area contributed by atoms with Crippen LogP contribution >= 0.6 is 11.8 Å². The molecule has 13 heavy (non-hydrogen) atoms. The third-order valence-electron chi connectivity index (χ3n) is 1.85. The first-order valence-corrected chi connectivity index (χ1v) is 5.50. The van der Waals surface area contributed by atoms with Crippen molar-refractivity contribution in [1.82, 2.24) is 0 Å². The standard InChI is InChI=1S/C11H15NS/c1-9(8-12)7-10-3-5-11(13-2)6-4-10/h3-7H,8,12H2,1-2H3/b9-7-. The molecule has 0 aliphatic rings. The molecule has 1 nitrogen and oxygen atoms in total. The van der Waals surface area contributed by atoms with Gasteiger partial charge in [0.2, 0.25) is 0 Å². The highest BCUT2D eigenvalue weighted by atomic mass is 32.2. The van der Waals surface area contributed by atoms with Crippen LogP contribution in [0.1, 0.15) is 12.5 Å². The molecule has 0 unspecified atom stereocenters. The highest BCUT2D eigenvalue weighted by Crippen LogP contribution is 2.16. The second kappa shape index (κ2) is 5.10.